The van der Waals surface area contributed by atoms with Gasteiger partial charge in [-0.15, -0.1) is 0 Å². The van der Waals surface area contributed by atoms with Crippen LogP contribution < -0.4 is 20.7 Å². The fraction of sp³-hybridized carbons (Fsp3) is 0.462. The van der Waals surface area contributed by atoms with E-state index in [4.69, 9.17) is 20.4 Å². The molecule has 3 heterocycles. The van der Waals surface area contributed by atoms with Crippen molar-refractivity contribution in [3.8, 4) is 22.9 Å². The lowest BCUT2D eigenvalue weighted by atomic mass is 9.60. The number of benzene rings is 1. The summed E-state index contributed by atoms with van der Waals surface area (Å²) in [5.74, 6) is 2.36. The standard InChI is InChI=1S/C26H30FN7O/c1-13(2)23-30-9-15(10-31-23)35-25-32-21-7-16-17(5-14(27)6-20(16)29-4)22(21)24(33-25)34-11-18-19(28)8-26(18,3)12-34/h5-6,9-10,13,18-19,29H,7-8,11-12,28H2,1-4H3. The lowest BCUT2D eigenvalue weighted by Crippen LogP contribution is -2.53. The van der Waals surface area contributed by atoms with Crippen molar-refractivity contribution in [2.45, 2.75) is 45.6 Å². The Bertz CT molecular complexity index is 1310. The third-order valence-electron chi connectivity index (χ3n) is 7.80. The molecule has 9 heteroatoms. The van der Waals surface area contributed by atoms with E-state index in [2.05, 4.69) is 27.1 Å². The number of nitrogens with one attached hydrogen (secondary N) is 1. The van der Waals surface area contributed by atoms with Gasteiger partial charge in [-0.2, -0.15) is 9.97 Å². The monoisotopic (exact) mass is 475 g/mol. The Morgan fingerprint density at radius 3 is 2.66 bits per heavy atom. The predicted octanol–water partition coefficient (Wildman–Crippen LogP) is 4.11. The summed E-state index contributed by atoms with van der Waals surface area (Å²) in [5, 5.41) is 3.13. The molecule has 3 unspecified atom stereocenters. The molecule has 1 aromatic carbocycles. The number of hydrogen-bond acceptors (Lipinski definition) is 8. The molecule has 0 spiro atoms. The maximum absolute atomic E-state index is 14.6. The Hall–Kier alpha value is -3.33. The number of anilines is 2. The third kappa shape index (κ3) is 3.52. The Morgan fingerprint density at radius 1 is 1.23 bits per heavy atom. The molecule has 0 radical (unpaired) electrons. The van der Waals surface area contributed by atoms with Gasteiger partial charge in [0.25, 0.3) is 0 Å². The lowest BCUT2D eigenvalue weighted by Gasteiger charge is -2.46. The molecule has 182 valence electrons. The number of hydrogen-bond donors (Lipinski definition) is 2. The molecule has 1 saturated carbocycles. The van der Waals surface area contributed by atoms with Crippen molar-refractivity contribution in [2.24, 2.45) is 17.1 Å². The van der Waals surface area contributed by atoms with Crippen LogP contribution in [-0.4, -0.2) is 46.1 Å². The predicted molar refractivity (Wildman–Crippen MR) is 132 cm³/mol. The summed E-state index contributed by atoms with van der Waals surface area (Å²) >= 11 is 0. The van der Waals surface area contributed by atoms with E-state index in [-0.39, 0.29) is 29.2 Å². The van der Waals surface area contributed by atoms with Gasteiger partial charge in [-0.3, -0.25) is 0 Å². The van der Waals surface area contributed by atoms with Gasteiger partial charge in [0.15, 0.2) is 5.75 Å². The van der Waals surface area contributed by atoms with E-state index in [9.17, 15) is 4.39 Å². The van der Waals surface area contributed by atoms with Crippen LogP contribution >= 0.6 is 0 Å². The van der Waals surface area contributed by atoms with E-state index < -0.39 is 0 Å². The van der Waals surface area contributed by atoms with Crippen molar-refractivity contribution in [1.82, 2.24) is 19.9 Å². The Kier molecular flexibility index (Phi) is 4.96. The number of fused-ring (bicyclic) bond motifs is 4. The SMILES string of the molecule is CNc1cc(F)cc2c1Cc1nc(Oc3cnc(C(C)C)nc3)nc(N3CC4C(N)CC4(C)C3)c1-2. The first kappa shape index (κ1) is 22.2. The van der Waals surface area contributed by atoms with Crippen LogP contribution in [0.5, 0.6) is 11.8 Å². The van der Waals surface area contributed by atoms with Crippen LogP contribution in [0.2, 0.25) is 0 Å². The van der Waals surface area contributed by atoms with Gasteiger partial charge < -0.3 is 20.7 Å². The summed E-state index contributed by atoms with van der Waals surface area (Å²) in [6, 6.07) is 3.56. The summed E-state index contributed by atoms with van der Waals surface area (Å²) < 4.78 is 20.6. The van der Waals surface area contributed by atoms with E-state index in [1.165, 1.54) is 6.07 Å². The fourth-order valence-corrected chi connectivity index (χ4v) is 6.00. The van der Waals surface area contributed by atoms with Crippen LogP contribution in [0.15, 0.2) is 24.5 Å². The first-order chi connectivity index (χ1) is 16.8. The normalized spacial score (nSPS) is 24.1. The van der Waals surface area contributed by atoms with Gasteiger partial charge in [0.2, 0.25) is 0 Å². The summed E-state index contributed by atoms with van der Waals surface area (Å²) in [6.45, 7) is 8.04. The Balaban J connectivity index is 1.43. The zero-order valence-corrected chi connectivity index (χ0v) is 20.5. The Labute approximate surface area is 204 Å². The number of rotatable bonds is 5. The highest BCUT2D eigenvalue weighted by atomic mass is 19.1. The highest BCUT2D eigenvalue weighted by Crippen LogP contribution is 2.54. The van der Waals surface area contributed by atoms with Crippen LogP contribution in [0.25, 0.3) is 11.1 Å². The maximum atomic E-state index is 14.6. The molecule has 0 bridgehead atoms. The molecule has 1 saturated heterocycles. The van der Waals surface area contributed by atoms with Crippen LogP contribution in [0.4, 0.5) is 15.9 Å². The number of nitrogens with zero attached hydrogens (tertiary/aromatic N) is 5. The molecule has 0 amide bonds. The zero-order valence-electron chi connectivity index (χ0n) is 20.5. The van der Waals surface area contributed by atoms with Gasteiger partial charge in [-0.1, -0.05) is 20.8 Å². The molecule has 2 aromatic heterocycles. The molecular weight excluding hydrogens is 445 g/mol. The quantitative estimate of drug-likeness (QED) is 0.445. The van der Waals surface area contributed by atoms with E-state index in [0.717, 1.165) is 59.2 Å². The van der Waals surface area contributed by atoms with Crippen molar-refractivity contribution in [1.29, 1.82) is 0 Å². The molecule has 3 aromatic rings. The molecule has 8 nitrogen and oxygen atoms in total. The number of nitrogens with two attached hydrogens (primary N) is 1. The number of halogens is 1. The summed E-state index contributed by atoms with van der Waals surface area (Å²) in [6.07, 6.45) is 4.87. The number of ether oxygens (including phenoxy) is 1. The lowest BCUT2D eigenvalue weighted by molar-refractivity contribution is 0.0771. The maximum Gasteiger partial charge on any atom is 0.324 e. The van der Waals surface area contributed by atoms with Gasteiger partial charge in [-0.05, 0) is 41.0 Å². The fourth-order valence-electron chi connectivity index (χ4n) is 6.00. The van der Waals surface area contributed by atoms with Gasteiger partial charge in [0.1, 0.15) is 17.5 Å². The minimum Gasteiger partial charge on any atom is -0.421 e. The van der Waals surface area contributed by atoms with Crippen molar-refractivity contribution in [3.63, 3.8) is 0 Å². The molecule has 3 aliphatic rings. The average molecular weight is 476 g/mol. The first-order valence-corrected chi connectivity index (χ1v) is 12.2. The second-order valence-corrected chi connectivity index (χ2v) is 10.6. The van der Waals surface area contributed by atoms with Gasteiger partial charge >= 0.3 is 6.01 Å². The van der Waals surface area contributed by atoms with Crippen LogP contribution in [-0.2, 0) is 6.42 Å². The summed E-state index contributed by atoms with van der Waals surface area (Å²) in [7, 11) is 1.81. The molecule has 1 aliphatic heterocycles. The van der Waals surface area contributed by atoms with Crippen molar-refractivity contribution >= 4 is 11.5 Å². The van der Waals surface area contributed by atoms with E-state index in [1.54, 1.807) is 25.5 Å². The summed E-state index contributed by atoms with van der Waals surface area (Å²) in [4.78, 5) is 20.7. The van der Waals surface area contributed by atoms with Crippen molar-refractivity contribution < 1.29 is 9.13 Å². The first-order valence-electron chi connectivity index (χ1n) is 12.2. The largest absolute Gasteiger partial charge is 0.421 e. The highest BCUT2D eigenvalue weighted by Gasteiger charge is 2.55. The summed E-state index contributed by atoms with van der Waals surface area (Å²) in [5.41, 5.74) is 10.8. The van der Waals surface area contributed by atoms with E-state index >= 15 is 0 Å². The third-order valence-corrected chi connectivity index (χ3v) is 7.80. The van der Waals surface area contributed by atoms with Crippen LogP contribution in [0.1, 0.15) is 50.2 Å². The molecule has 6 rings (SSSR count). The molecule has 3 N–H and O–H groups in total. The second-order valence-electron chi connectivity index (χ2n) is 10.6. The van der Waals surface area contributed by atoms with Crippen molar-refractivity contribution in [2.75, 3.05) is 30.4 Å². The molecule has 3 atom stereocenters. The molecule has 2 fully saturated rings. The van der Waals surface area contributed by atoms with Crippen LogP contribution in [0, 0.1) is 17.2 Å². The molecule has 35 heavy (non-hydrogen) atoms. The minimum atomic E-state index is -0.287. The second kappa shape index (κ2) is 7.84. The minimum absolute atomic E-state index is 0.165. The van der Waals surface area contributed by atoms with Gasteiger partial charge in [0.05, 0.1) is 18.1 Å². The van der Waals surface area contributed by atoms with E-state index in [0.29, 0.717) is 18.1 Å². The zero-order chi connectivity index (χ0) is 24.5. The highest BCUT2D eigenvalue weighted by molar-refractivity contribution is 5.88. The van der Waals surface area contributed by atoms with E-state index in [1.807, 2.05) is 13.8 Å². The van der Waals surface area contributed by atoms with Crippen molar-refractivity contribution in [3.05, 3.63) is 47.4 Å². The smallest absolute Gasteiger partial charge is 0.324 e. The van der Waals surface area contributed by atoms with Gasteiger partial charge in [-0.25, -0.2) is 14.4 Å². The van der Waals surface area contributed by atoms with Gasteiger partial charge in [0, 0.05) is 49.8 Å². The topological polar surface area (TPSA) is 102 Å². The molecular formula is C26H30FN7O. The van der Waals surface area contributed by atoms with Crippen LogP contribution in [0.3, 0.4) is 0 Å². The Morgan fingerprint density at radius 2 is 2.00 bits per heavy atom. The average Bonchev–Trinajstić information content (AvgIpc) is 3.32. The molecule has 2 aliphatic carbocycles. The number of aromatic nitrogens is 4.